The Hall–Kier alpha value is -2.34. The molecule has 0 saturated carbocycles. The first-order valence-corrected chi connectivity index (χ1v) is 7.92. The third-order valence-electron chi connectivity index (χ3n) is 4.43. The largest absolute Gasteiger partial charge is 0.265 e. The van der Waals surface area contributed by atoms with Crippen molar-refractivity contribution in [1.82, 2.24) is 9.99 Å². The summed E-state index contributed by atoms with van der Waals surface area (Å²) in [5.74, 6) is -1.00. The average molecular weight is 347 g/mol. The van der Waals surface area contributed by atoms with Crippen molar-refractivity contribution in [2.75, 3.05) is 6.54 Å². The predicted molar refractivity (Wildman–Crippen MR) is 90.4 cm³/mol. The van der Waals surface area contributed by atoms with Gasteiger partial charge in [0.2, 0.25) is 0 Å². The Balaban J connectivity index is 1.77. The molecule has 2 aliphatic heterocycles. The topological polar surface area (TPSA) is 40.9 Å². The summed E-state index contributed by atoms with van der Waals surface area (Å²) < 4.78 is 29.5. The second-order valence-corrected chi connectivity index (χ2v) is 6.20. The van der Waals surface area contributed by atoms with E-state index in [9.17, 15) is 8.78 Å². The molecule has 1 aromatic carbocycles. The van der Waals surface area contributed by atoms with E-state index in [2.05, 4.69) is 15.1 Å². The molecule has 2 unspecified atom stereocenters. The zero-order valence-corrected chi connectivity index (χ0v) is 13.5. The smallest absolute Gasteiger partial charge is 0.149 e. The lowest BCUT2D eigenvalue weighted by Gasteiger charge is -2.29. The van der Waals surface area contributed by atoms with Crippen LogP contribution in [0.25, 0.3) is 10.9 Å². The summed E-state index contributed by atoms with van der Waals surface area (Å²) in [6.45, 7) is 2.17. The van der Waals surface area contributed by atoms with Crippen LogP contribution in [0, 0.1) is 11.6 Å². The number of fused-ring (bicyclic) bond motifs is 2. The Morgan fingerprint density at radius 3 is 3.00 bits per heavy atom. The molecule has 0 fully saturated rings. The SMILES string of the molecule is CC(c1c(F)cc2ncccc2c1F)C1CN=C2C=CC(Cl)=NN21. The third kappa shape index (κ3) is 2.29. The summed E-state index contributed by atoms with van der Waals surface area (Å²) in [7, 11) is 0. The Bertz CT molecular complexity index is 922. The number of halogens is 3. The van der Waals surface area contributed by atoms with Gasteiger partial charge in [0.1, 0.15) is 22.6 Å². The number of pyridine rings is 1. The van der Waals surface area contributed by atoms with Crippen molar-refractivity contribution in [2.24, 2.45) is 10.1 Å². The zero-order valence-electron chi connectivity index (χ0n) is 12.7. The first-order valence-electron chi connectivity index (χ1n) is 7.54. The Labute approximate surface area is 142 Å². The van der Waals surface area contributed by atoms with Gasteiger partial charge in [-0.15, -0.1) is 0 Å². The Morgan fingerprint density at radius 1 is 1.33 bits per heavy atom. The maximum absolute atomic E-state index is 14.9. The van der Waals surface area contributed by atoms with Gasteiger partial charge in [-0.25, -0.2) is 13.8 Å². The number of aliphatic imine (C=N–C) groups is 1. The highest BCUT2D eigenvalue weighted by molar-refractivity contribution is 6.68. The number of rotatable bonds is 2. The van der Waals surface area contributed by atoms with Gasteiger partial charge in [-0.05, 0) is 24.3 Å². The number of amidine groups is 1. The molecular weight excluding hydrogens is 334 g/mol. The lowest BCUT2D eigenvalue weighted by Crippen LogP contribution is -2.37. The number of hydrazone groups is 1. The average Bonchev–Trinajstić information content (AvgIpc) is 2.97. The van der Waals surface area contributed by atoms with Crippen LogP contribution in [0.4, 0.5) is 8.78 Å². The van der Waals surface area contributed by atoms with Crippen molar-refractivity contribution < 1.29 is 8.78 Å². The van der Waals surface area contributed by atoms with Crippen LogP contribution in [0.1, 0.15) is 18.4 Å². The fourth-order valence-corrected chi connectivity index (χ4v) is 3.33. The van der Waals surface area contributed by atoms with E-state index >= 15 is 0 Å². The number of nitrogens with zero attached hydrogens (tertiary/aromatic N) is 4. The van der Waals surface area contributed by atoms with Crippen LogP contribution in [-0.2, 0) is 0 Å². The minimum Gasteiger partial charge on any atom is -0.265 e. The predicted octanol–water partition coefficient (Wildman–Crippen LogP) is 3.82. The molecule has 2 aromatic rings. The number of allylic oxidation sites excluding steroid dienone is 1. The maximum atomic E-state index is 14.9. The molecule has 0 aliphatic carbocycles. The molecular formula is C17H13ClF2N4. The Morgan fingerprint density at radius 2 is 2.17 bits per heavy atom. The monoisotopic (exact) mass is 346 g/mol. The van der Waals surface area contributed by atoms with E-state index in [0.717, 1.165) is 0 Å². The van der Waals surface area contributed by atoms with Crippen molar-refractivity contribution in [2.45, 2.75) is 18.9 Å². The van der Waals surface area contributed by atoms with E-state index < -0.39 is 17.6 Å². The standard InChI is InChI=1S/C17H13ClF2N4/c1-9(13-8-22-15-5-4-14(18)23-24(13)15)16-11(19)7-12-10(17(16)20)3-2-6-21-12/h2-7,9,13H,8H2,1H3. The number of benzene rings is 1. The second-order valence-electron chi connectivity index (χ2n) is 5.81. The number of hydrogen-bond donors (Lipinski definition) is 0. The summed E-state index contributed by atoms with van der Waals surface area (Å²) in [5, 5.41) is 6.49. The van der Waals surface area contributed by atoms with Crippen LogP contribution in [0.3, 0.4) is 0 Å². The van der Waals surface area contributed by atoms with Crippen LogP contribution >= 0.6 is 11.6 Å². The minimum absolute atomic E-state index is 0.0258. The maximum Gasteiger partial charge on any atom is 0.149 e. The van der Waals surface area contributed by atoms with Gasteiger partial charge in [0.05, 0.1) is 18.1 Å². The number of hydrogen-bond acceptors (Lipinski definition) is 4. The molecule has 0 spiro atoms. The van der Waals surface area contributed by atoms with E-state index in [-0.39, 0.29) is 11.6 Å². The van der Waals surface area contributed by atoms with Crippen LogP contribution < -0.4 is 0 Å². The van der Waals surface area contributed by atoms with Crippen LogP contribution in [0.15, 0.2) is 46.6 Å². The first-order chi connectivity index (χ1) is 11.6. The lowest BCUT2D eigenvalue weighted by atomic mass is 9.91. The van der Waals surface area contributed by atoms with E-state index in [1.54, 1.807) is 36.2 Å². The molecule has 1 aromatic heterocycles. The van der Waals surface area contributed by atoms with Gasteiger partial charge in [-0.1, -0.05) is 18.5 Å². The van der Waals surface area contributed by atoms with Crippen LogP contribution in [0.5, 0.6) is 0 Å². The molecule has 2 atom stereocenters. The molecule has 4 nitrogen and oxygen atoms in total. The van der Waals surface area contributed by atoms with Gasteiger partial charge in [0, 0.05) is 29.1 Å². The van der Waals surface area contributed by atoms with Gasteiger partial charge in [-0.2, -0.15) is 5.10 Å². The summed E-state index contributed by atoms with van der Waals surface area (Å²) in [6.07, 6.45) is 4.91. The highest BCUT2D eigenvalue weighted by Crippen LogP contribution is 2.34. The molecule has 3 heterocycles. The van der Waals surface area contributed by atoms with Gasteiger partial charge >= 0.3 is 0 Å². The highest BCUT2D eigenvalue weighted by Gasteiger charge is 2.36. The normalized spacial score (nSPS) is 20.8. The quantitative estimate of drug-likeness (QED) is 0.829. The molecule has 7 heteroatoms. The summed E-state index contributed by atoms with van der Waals surface area (Å²) >= 11 is 5.95. The van der Waals surface area contributed by atoms with Gasteiger partial charge < -0.3 is 0 Å². The zero-order chi connectivity index (χ0) is 16.8. The molecule has 0 N–H and O–H groups in total. The molecule has 0 radical (unpaired) electrons. The molecule has 0 saturated heterocycles. The van der Waals surface area contributed by atoms with Gasteiger partial charge in [0.25, 0.3) is 0 Å². The van der Waals surface area contributed by atoms with Crippen LogP contribution in [-0.4, -0.2) is 33.6 Å². The molecule has 122 valence electrons. The summed E-state index contributed by atoms with van der Waals surface area (Å²) in [4.78, 5) is 8.39. The van der Waals surface area contributed by atoms with E-state index in [1.165, 1.54) is 12.3 Å². The minimum atomic E-state index is -0.609. The fraction of sp³-hybridized carbons (Fsp3) is 0.235. The summed E-state index contributed by atoms with van der Waals surface area (Å²) in [6, 6.07) is 4.21. The van der Waals surface area contributed by atoms with Gasteiger partial charge in [0.15, 0.2) is 0 Å². The molecule has 2 aliphatic rings. The number of aromatic nitrogens is 1. The van der Waals surface area contributed by atoms with Crippen LogP contribution in [0.2, 0.25) is 0 Å². The van der Waals surface area contributed by atoms with Gasteiger partial charge in [-0.3, -0.25) is 9.98 Å². The summed E-state index contributed by atoms with van der Waals surface area (Å²) in [5.41, 5.74) is 0.326. The Kier molecular flexibility index (Phi) is 3.57. The second kappa shape index (κ2) is 5.63. The van der Waals surface area contributed by atoms with E-state index in [4.69, 9.17) is 11.6 Å². The van der Waals surface area contributed by atoms with Crippen molar-refractivity contribution in [3.05, 3.63) is 53.7 Å². The molecule has 0 bridgehead atoms. The highest BCUT2D eigenvalue weighted by atomic mass is 35.5. The molecule has 0 amide bonds. The third-order valence-corrected chi connectivity index (χ3v) is 4.63. The lowest BCUT2D eigenvalue weighted by molar-refractivity contribution is 0.312. The van der Waals surface area contributed by atoms with Crippen molar-refractivity contribution in [3.8, 4) is 0 Å². The van der Waals surface area contributed by atoms with E-state index in [1.807, 2.05) is 0 Å². The first kappa shape index (κ1) is 15.2. The molecule has 24 heavy (non-hydrogen) atoms. The van der Waals surface area contributed by atoms with E-state index in [0.29, 0.717) is 28.5 Å². The van der Waals surface area contributed by atoms with Crippen molar-refractivity contribution >= 4 is 33.5 Å². The van der Waals surface area contributed by atoms with Crippen molar-refractivity contribution in [3.63, 3.8) is 0 Å². The van der Waals surface area contributed by atoms with Crippen molar-refractivity contribution in [1.29, 1.82) is 0 Å². The fourth-order valence-electron chi connectivity index (χ4n) is 3.19. The molecule has 4 rings (SSSR count).